The third kappa shape index (κ3) is 1.77. The van der Waals surface area contributed by atoms with Crippen LogP contribution in [-0.2, 0) is 21.4 Å². The van der Waals surface area contributed by atoms with Crippen LogP contribution in [0, 0.1) is 5.92 Å². The molecule has 1 aromatic carbocycles. The summed E-state index contributed by atoms with van der Waals surface area (Å²) in [7, 11) is 1.80. The number of nitrogens with zero attached hydrogens (tertiary/aromatic N) is 1. The van der Waals surface area contributed by atoms with Gasteiger partial charge in [0.05, 0.1) is 24.9 Å². The van der Waals surface area contributed by atoms with Gasteiger partial charge < -0.3 is 24.1 Å². The topological polar surface area (TPSA) is 60.4 Å². The van der Waals surface area contributed by atoms with Crippen molar-refractivity contribution in [3.05, 3.63) is 23.3 Å². The molecule has 0 amide bonds. The number of ether oxygens (including phenoxy) is 4. The van der Waals surface area contributed by atoms with Gasteiger partial charge in [0.25, 0.3) is 0 Å². The van der Waals surface area contributed by atoms with Crippen LogP contribution in [-0.4, -0.2) is 60.9 Å². The first kappa shape index (κ1) is 16.6. The van der Waals surface area contributed by atoms with E-state index in [0.717, 1.165) is 37.4 Å². The lowest BCUT2D eigenvalue weighted by molar-refractivity contribution is -0.283. The Morgan fingerprint density at radius 1 is 1.33 bits per heavy atom. The highest BCUT2D eigenvalue weighted by Gasteiger charge is 2.84. The predicted octanol–water partition coefficient (Wildman–Crippen LogP) is 1.82. The van der Waals surface area contributed by atoms with E-state index < -0.39 is 6.10 Å². The molecular formula is C21H27NO5. The first-order valence-corrected chi connectivity index (χ1v) is 10.2. The van der Waals surface area contributed by atoms with Crippen LogP contribution < -0.4 is 9.47 Å². The second-order valence-corrected chi connectivity index (χ2v) is 8.78. The molecule has 2 saturated heterocycles. The largest absolute Gasteiger partial charge is 0.454 e. The Kier molecular flexibility index (Phi) is 3.31. The molecule has 5 bridgehead atoms. The molecule has 6 aliphatic rings. The summed E-state index contributed by atoms with van der Waals surface area (Å²) in [6.07, 6.45) is 2.51. The number of methoxy groups -OCH3 is 1. The molecule has 6 heteroatoms. The third-order valence-electron chi connectivity index (χ3n) is 7.94. The van der Waals surface area contributed by atoms with Gasteiger partial charge in [0.2, 0.25) is 6.79 Å². The second-order valence-electron chi connectivity index (χ2n) is 8.78. The Labute approximate surface area is 159 Å². The van der Waals surface area contributed by atoms with Gasteiger partial charge in [-0.05, 0) is 42.5 Å². The van der Waals surface area contributed by atoms with Gasteiger partial charge in [0, 0.05) is 31.5 Å². The Morgan fingerprint density at radius 3 is 2.93 bits per heavy atom. The van der Waals surface area contributed by atoms with E-state index in [1.165, 1.54) is 11.1 Å². The zero-order valence-corrected chi connectivity index (χ0v) is 15.9. The number of hydrogen-bond acceptors (Lipinski definition) is 6. The van der Waals surface area contributed by atoms with Gasteiger partial charge >= 0.3 is 0 Å². The molecule has 2 aliphatic carbocycles. The minimum absolute atomic E-state index is 0.0963. The highest BCUT2D eigenvalue weighted by atomic mass is 16.7. The summed E-state index contributed by atoms with van der Waals surface area (Å²) in [6, 6.07) is 4.74. The summed E-state index contributed by atoms with van der Waals surface area (Å²) in [5, 5.41) is 10.1. The highest BCUT2D eigenvalue weighted by Crippen LogP contribution is 2.73. The van der Waals surface area contributed by atoms with Crippen molar-refractivity contribution >= 4 is 0 Å². The maximum Gasteiger partial charge on any atom is 0.231 e. The van der Waals surface area contributed by atoms with Gasteiger partial charge in [-0.15, -0.1) is 0 Å². The zero-order chi connectivity index (χ0) is 18.4. The lowest BCUT2D eigenvalue weighted by Gasteiger charge is -2.70. The summed E-state index contributed by atoms with van der Waals surface area (Å²) in [5.41, 5.74) is 2.63. The molecule has 7 unspecified atom stereocenters. The molecule has 7 atom stereocenters. The minimum Gasteiger partial charge on any atom is -0.454 e. The van der Waals surface area contributed by atoms with Crippen molar-refractivity contribution in [1.29, 1.82) is 0 Å². The smallest absolute Gasteiger partial charge is 0.231 e. The summed E-state index contributed by atoms with van der Waals surface area (Å²) in [6.45, 7) is 4.66. The molecule has 1 aromatic rings. The molecule has 4 heterocycles. The monoisotopic (exact) mass is 373 g/mol. The Hall–Kier alpha value is -1.34. The van der Waals surface area contributed by atoms with Gasteiger partial charge in [0.15, 0.2) is 11.5 Å². The Morgan fingerprint density at radius 2 is 2.15 bits per heavy atom. The zero-order valence-electron chi connectivity index (χ0n) is 15.9. The van der Waals surface area contributed by atoms with Crippen LogP contribution in [0.25, 0.3) is 0 Å². The van der Waals surface area contributed by atoms with E-state index in [9.17, 15) is 5.11 Å². The molecule has 27 heavy (non-hydrogen) atoms. The van der Waals surface area contributed by atoms with Gasteiger partial charge in [0.1, 0.15) is 5.60 Å². The van der Waals surface area contributed by atoms with Gasteiger partial charge in [-0.3, -0.25) is 4.90 Å². The lowest BCUT2D eigenvalue weighted by Crippen LogP contribution is -2.82. The van der Waals surface area contributed by atoms with E-state index in [-0.39, 0.29) is 17.1 Å². The van der Waals surface area contributed by atoms with Crippen molar-refractivity contribution in [3.8, 4) is 11.5 Å². The first-order chi connectivity index (χ1) is 13.1. The summed E-state index contributed by atoms with van der Waals surface area (Å²) < 4.78 is 23.8. The van der Waals surface area contributed by atoms with Gasteiger partial charge in [-0.25, -0.2) is 0 Å². The van der Waals surface area contributed by atoms with Crippen LogP contribution in [0.5, 0.6) is 11.5 Å². The summed E-state index contributed by atoms with van der Waals surface area (Å²) in [4.78, 5) is 2.58. The summed E-state index contributed by atoms with van der Waals surface area (Å²) in [5.74, 6) is 2.16. The molecule has 146 valence electrons. The molecule has 6 nitrogen and oxygen atoms in total. The van der Waals surface area contributed by atoms with Crippen LogP contribution in [0.4, 0.5) is 0 Å². The van der Waals surface area contributed by atoms with Crippen molar-refractivity contribution in [2.45, 2.75) is 62.0 Å². The van der Waals surface area contributed by atoms with E-state index in [0.29, 0.717) is 31.8 Å². The van der Waals surface area contributed by atoms with Crippen LogP contribution in [0.1, 0.15) is 37.3 Å². The molecule has 1 spiro atoms. The Bertz CT molecular complexity index is 799. The van der Waals surface area contributed by atoms with Crippen molar-refractivity contribution in [2.24, 2.45) is 5.92 Å². The SMILES string of the molecule is CCC(O)COC12C(OC)CCC34c5cc6c(cc5CN(CC31)C42)OCO6. The maximum absolute atomic E-state index is 10.1. The van der Waals surface area contributed by atoms with E-state index in [2.05, 4.69) is 17.0 Å². The van der Waals surface area contributed by atoms with Crippen LogP contribution >= 0.6 is 0 Å². The highest BCUT2D eigenvalue weighted by molar-refractivity contribution is 5.58. The number of aliphatic hydroxyl groups is 1. The average molecular weight is 373 g/mol. The first-order valence-electron chi connectivity index (χ1n) is 10.2. The Balaban J connectivity index is 1.43. The number of benzene rings is 1. The molecule has 0 radical (unpaired) electrons. The molecule has 7 rings (SSSR count). The van der Waals surface area contributed by atoms with Gasteiger partial charge in [-0.1, -0.05) is 6.92 Å². The maximum atomic E-state index is 10.1. The second kappa shape index (κ2) is 5.38. The molecule has 2 saturated carbocycles. The van der Waals surface area contributed by atoms with Crippen LogP contribution in [0.3, 0.4) is 0 Å². The molecule has 1 N–H and O–H groups in total. The van der Waals surface area contributed by atoms with E-state index in [1.807, 2.05) is 6.92 Å². The number of aliphatic hydroxyl groups excluding tert-OH is 1. The normalized spacial score (nSPS) is 43.2. The molecule has 0 aromatic heterocycles. The molecule has 4 aliphatic heterocycles. The fourth-order valence-electron chi connectivity index (χ4n) is 6.98. The fraction of sp³-hybridized carbons (Fsp3) is 0.714. The number of rotatable bonds is 5. The summed E-state index contributed by atoms with van der Waals surface area (Å²) >= 11 is 0. The third-order valence-corrected chi connectivity index (χ3v) is 7.94. The van der Waals surface area contributed by atoms with E-state index in [4.69, 9.17) is 18.9 Å². The lowest BCUT2D eigenvalue weighted by atomic mass is 9.40. The number of fused-ring (bicyclic) bond motifs is 2. The van der Waals surface area contributed by atoms with Crippen molar-refractivity contribution in [2.75, 3.05) is 27.1 Å². The standard InChI is InChI=1S/C21H27NO5/c1-3-13(23)10-27-21-17-9-22-8-12-6-15-16(26-11-25-15)7-14(12)20(17,19(21)22)5-4-18(21)24-2/h6-7,13,17-19,23H,3-5,8-11H2,1-2H3. The fourth-order valence-corrected chi connectivity index (χ4v) is 6.98. The number of hydrogen-bond donors (Lipinski definition) is 1. The average Bonchev–Trinajstić information content (AvgIpc) is 3.35. The van der Waals surface area contributed by atoms with Gasteiger partial charge in [-0.2, -0.15) is 0 Å². The quantitative estimate of drug-likeness (QED) is 0.850. The van der Waals surface area contributed by atoms with Crippen molar-refractivity contribution in [1.82, 2.24) is 4.90 Å². The van der Waals surface area contributed by atoms with E-state index in [1.54, 1.807) is 7.11 Å². The van der Waals surface area contributed by atoms with Crippen LogP contribution in [0.15, 0.2) is 12.1 Å². The van der Waals surface area contributed by atoms with E-state index >= 15 is 0 Å². The molecule has 4 fully saturated rings. The minimum atomic E-state index is -0.411. The molecular weight excluding hydrogens is 346 g/mol. The van der Waals surface area contributed by atoms with Crippen molar-refractivity contribution < 1.29 is 24.1 Å². The van der Waals surface area contributed by atoms with Crippen LogP contribution in [0.2, 0.25) is 0 Å². The predicted molar refractivity (Wildman–Crippen MR) is 96.9 cm³/mol. The van der Waals surface area contributed by atoms with Crippen molar-refractivity contribution in [3.63, 3.8) is 0 Å².